The highest BCUT2D eigenvalue weighted by Gasteiger charge is 2.35. The third kappa shape index (κ3) is 4.53. The normalized spacial score (nSPS) is 17.3. The minimum atomic E-state index is -0.981. The molecule has 2 aromatic carbocycles. The lowest BCUT2D eigenvalue weighted by molar-refractivity contribution is -0.148. The summed E-state index contributed by atoms with van der Waals surface area (Å²) < 4.78 is 0. The van der Waals surface area contributed by atoms with Gasteiger partial charge in [0.15, 0.2) is 0 Å². The van der Waals surface area contributed by atoms with Gasteiger partial charge in [-0.1, -0.05) is 48.5 Å². The Morgan fingerprint density at radius 2 is 1.67 bits per heavy atom. The Morgan fingerprint density at radius 1 is 1.04 bits per heavy atom. The van der Waals surface area contributed by atoms with Gasteiger partial charge in [0.1, 0.15) is 6.04 Å². The molecule has 0 aliphatic carbocycles. The molecule has 6 heteroatoms. The van der Waals surface area contributed by atoms with Gasteiger partial charge >= 0.3 is 5.97 Å². The highest BCUT2D eigenvalue weighted by Crippen LogP contribution is 2.23. The summed E-state index contributed by atoms with van der Waals surface area (Å²) in [6.07, 6.45) is 1.16. The molecule has 2 amide bonds. The third-order valence-electron chi connectivity index (χ3n) is 4.78. The van der Waals surface area contributed by atoms with E-state index in [0.717, 1.165) is 5.56 Å². The lowest BCUT2D eigenvalue weighted by Gasteiger charge is -2.25. The largest absolute Gasteiger partial charge is 0.480 e. The van der Waals surface area contributed by atoms with Gasteiger partial charge in [0, 0.05) is 12.1 Å². The fraction of sp³-hybridized carbons (Fsp3) is 0.286. The van der Waals surface area contributed by atoms with Gasteiger partial charge in [-0.3, -0.25) is 9.59 Å². The molecule has 0 saturated carbocycles. The number of hydrogen-bond donors (Lipinski definition) is 2. The molecule has 27 heavy (non-hydrogen) atoms. The zero-order valence-electron chi connectivity index (χ0n) is 14.9. The number of benzene rings is 2. The SMILES string of the molecule is O=C(NC(CC(=O)N1CCCC1C(=O)O)c1ccccc1)c1ccccc1. The minimum Gasteiger partial charge on any atom is -0.480 e. The highest BCUT2D eigenvalue weighted by molar-refractivity contribution is 5.95. The molecule has 2 atom stereocenters. The molecule has 1 aliphatic heterocycles. The Balaban J connectivity index is 1.77. The van der Waals surface area contributed by atoms with Crippen molar-refractivity contribution in [3.8, 4) is 0 Å². The van der Waals surface area contributed by atoms with Gasteiger partial charge in [-0.2, -0.15) is 0 Å². The molecule has 2 N–H and O–H groups in total. The second kappa shape index (κ2) is 8.49. The number of carboxylic acids is 1. The fourth-order valence-corrected chi connectivity index (χ4v) is 3.38. The highest BCUT2D eigenvalue weighted by atomic mass is 16.4. The number of carbonyl (C=O) groups excluding carboxylic acids is 2. The Kier molecular flexibility index (Phi) is 5.86. The van der Waals surface area contributed by atoms with Crippen molar-refractivity contribution in [3.63, 3.8) is 0 Å². The topological polar surface area (TPSA) is 86.7 Å². The van der Waals surface area contributed by atoms with Gasteiger partial charge in [0.05, 0.1) is 12.5 Å². The molecule has 2 aromatic rings. The predicted octanol–water partition coefficient (Wildman–Crippen LogP) is 2.62. The van der Waals surface area contributed by atoms with E-state index in [1.807, 2.05) is 36.4 Å². The standard InChI is InChI=1S/C21H22N2O4/c24-19(23-13-7-12-18(23)21(26)27)14-17(15-8-3-1-4-9-15)22-20(25)16-10-5-2-6-11-16/h1-6,8-11,17-18H,7,12-14H2,(H,22,25)(H,26,27). The molecule has 2 unspecified atom stereocenters. The summed E-state index contributed by atoms with van der Waals surface area (Å²) in [6, 6.07) is 16.7. The van der Waals surface area contributed by atoms with Gasteiger partial charge < -0.3 is 15.3 Å². The molecule has 1 aliphatic rings. The summed E-state index contributed by atoms with van der Waals surface area (Å²) in [5, 5.41) is 12.2. The van der Waals surface area contributed by atoms with Crippen molar-refractivity contribution < 1.29 is 19.5 Å². The maximum absolute atomic E-state index is 12.8. The molecule has 0 bridgehead atoms. The Hall–Kier alpha value is -3.15. The van der Waals surface area contributed by atoms with E-state index in [9.17, 15) is 19.5 Å². The van der Waals surface area contributed by atoms with Crippen LogP contribution in [0.25, 0.3) is 0 Å². The molecular formula is C21H22N2O4. The molecule has 1 saturated heterocycles. The van der Waals surface area contributed by atoms with E-state index in [4.69, 9.17) is 0 Å². The second-order valence-electron chi connectivity index (χ2n) is 6.59. The number of likely N-dealkylation sites (tertiary alicyclic amines) is 1. The molecule has 3 rings (SSSR count). The zero-order chi connectivity index (χ0) is 19.2. The van der Waals surface area contributed by atoms with E-state index in [1.165, 1.54) is 4.90 Å². The van der Waals surface area contributed by atoms with E-state index in [2.05, 4.69) is 5.32 Å². The number of amides is 2. The number of aliphatic carboxylic acids is 1. The summed E-state index contributed by atoms with van der Waals surface area (Å²) in [4.78, 5) is 38.1. The number of nitrogens with zero attached hydrogens (tertiary/aromatic N) is 1. The van der Waals surface area contributed by atoms with Crippen LogP contribution in [0.5, 0.6) is 0 Å². The van der Waals surface area contributed by atoms with Crippen LogP contribution >= 0.6 is 0 Å². The van der Waals surface area contributed by atoms with Crippen molar-refractivity contribution >= 4 is 17.8 Å². The average Bonchev–Trinajstić information content (AvgIpc) is 3.19. The first kappa shape index (κ1) is 18.6. The summed E-state index contributed by atoms with van der Waals surface area (Å²) in [5.74, 6) is -1.51. The van der Waals surface area contributed by atoms with E-state index >= 15 is 0 Å². The number of hydrogen-bond acceptors (Lipinski definition) is 3. The smallest absolute Gasteiger partial charge is 0.326 e. The first-order valence-corrected chi connectivity index (χ1v) is 8.99. The number of rotatable bonds is 6. The average molecular weight is 366 g/mol. The third-order valence-corrected chi connectivity index (χ3v) is 4.78. The van der Waals surface area contributed by atoms with Crippen LogP contribution in [0.4, 0.5) is 0 Å². The van der Waals surface area contributed by atoms with Crippen molar-refractivity contribution in [1.82, 2.24) is 10.2 Å². The van der Waals surface area contributed by atoms with Crippen LogP contribution in [-0.2, 0) is 9.59 Å². The maximum Gasteiger partial charge on any atom is 0.326 e. The molecular weight excluding hydrogens is 344 g/mol. The Morgan fingerprint density at radius 3 is 2.30 bits per heavy atom. The summed E-state index contributed by atoms with van der Waals surface area (Å²) in [5.41, 5.74) is 1.32. The quantitative estimate of drug-likeness (QED) is 0.823. The van der Waals surface area contributed by atoms with Crippen LogP contribution in [0.15, 0.2) is 60.7 Å². The number of carbonyl (C=O) groups is 3. The Bertz CT molecular complexity index is 807. The fourth-order valence-electron chi connectivity index (χ4n) is 3.38. The maximum atomic E-state index is 12.8. The van der Waals surface area contributed by atoms with E-state index < -0.39 is 18.1 Å². The van der Waals surface area contributed by atoms with Gasteiger partial charge in [-0.15, -0.1) is 0 Å². The summed E-state index contributed by atoms with van der Waals surface area (Å²) in [7, 11) is 0. The summed E-state index contributed by atoms with van der Waals surface area (Å²) in [6.45, 7) is 0.434. The lowest BCUT2D eigenvalue weighted by Crippen LogP contribution is -2.42. The molecule has 1 heterocycles. The van der Waals surface area contributed by atoms with Gasteiger partial charge in [0.2, 0.25) is 5.91 Å². The molecule has 0 aromatic heterocycles. The van der Waals surface area contributed by atoms with Crippen LogP contribution in [0, 0.1) is 0 Å². The second-order valence-corrected chi connectivity index (χ2v) is 6.59. The zero-order valence-corrected chi connectivity index (χ0v) is 14.9. The first-order valence-electron chi connectivity index (χ1n) is 8.99. The predicted molar refractivity (Wildman–Crippen MR) is 100 cm³/mol. The van der Waals surface area contributed by atoms with E-state index in [0.29, 0.717) is 24.9 Å². The van der Waals surface area contributed by atoms with E-state index in [1.54, 1.807) is 24.3 Å². The van der Waals surface area contributed by atoms with Crippen LogP contribution in [-0.4, -0.2) is 40.4 Å². The molecule has 1 fully saturated rings. The monoisotopic (exact) mass is 366 g/mol. The van der Waals surface area contributed by atoms with E-state index in [-0.39, 0.29) is 18.2 Å². The van der Waals surface area contributed by atoms with Crippen LogP contribution in [0.2, 0.25) is 0 Å². The van der Waals surface area contributed by atoms with Gasteiger partial charge in [-0.25, -0.2) is 4.79 Å². The van der Waals surface area contributed by atoms with Crippen molar-refractivity contribution in [2.45, 2.75) is 31.3 Å². The van der Waals surface area contributed by atoms with Crippen molar-refractivity contribution in [3.05, 3.63) is 71.8 Å². The Labute approximate surface area is 157 Å². The molecule has 140 valence electrons. The van der Waals surface area contributed by atoms with Crippen LogP contribution < -0.4 is 5.32 Å². The van der Waals surface area contributed by atoms with Crippen LogP contribution in [0.3, 0.4) is 0 Å². The summed E-state index contributed by atoms with van der Waals surface area (Å²) >= 11 is 0. The number of nitrogens with one attached hydrogen (secondary N) is 1. The van der Waals surface area contributed by atoms with Crippen LogP contribution in [0.1, 0.15) is 41.2 Å². The number of carboxylic acid groups (broad SMARTS) is 1. The molecule has 0 radical (unpaired) electrons. The minimum absolute atomic E-state index is 0.0202. The molecule has 6 nitrogen and oxygen atoms in total. The lowest BCUT2D eigenvalue weighted by atomic mass is 10.0. The molecule has 0 spiro atoms. The van der Waals surface area contributed by atoms with Gasteiger partial charge in [0.25, 0.3) is 5.91 Å². The van der Waals surface area contributed by atoms with Crippen molar-refractivity contribution in [2.24, 2.45) is 0 Å². The van der Waals surface area contributed by atoms with Crippen molar-refractivity contribution in [1.29, 1.82) is 0 Å². The first-order chi connectivity index (χ1) is 13.1. The van der Waals surface area contributed by atoms with Gasteiger partial charge in [-0.05, 0) is 30.5 Å². The van der Waals surface area contributed by atoms with Crippen molar-refractivity contribution in [2.75, 3.05) is 6.54 Å².